The summed E-state index contributed by atoms with van der Waals surface area (Å²) in [5, 5.41) is 3.71. The number of carbonyl (C=O) groups is 2. The highest BCUT2D eigenvalue weighted by molar-refractivity contribution is 5.97. The summed E-state index contributed by atoms with van der Waals surface area (Å²) in [5.41, 5.74) is 2.43. The normalized spacial score (nSPS) is 13.0. The van der Waals surface area contributed by atoms with Crippen LogP contribution in [0.1, 0.15) is 48.9 Å². The van der Waals surface area contributed by atoms with Crippen LogP contribution in [0.25, 0.3) is 11.0 Å². The predicted molar refractivity (Wildman–Crippen MR) is 119 cm³/mol. The Bertz CT molecular complexity index is 1010. The highest BCUT2D eigenvalue weighted by atomic mass is 16.6. The molecule has 0 radical (unpaired) electrons. The van der Waals surface area contributed by atoms with Crippen molar-refractivity contribution in [2.45, 2.75) is 52.4 Å². The molecular weight excluding hydrogens is 394 g/mol. The number of nitrogens with one attached hydrogen (secondary N) is 1. The zero-order valence-corrected chi connectivity index (χ0v) is 18.2. The van der Waals surface area contributed by atoms with Gasteiger partial charge in [0.25, 0.3) is 5.91 Å². The lowest BCUT2D eigenvalue weighted by atomic mass is 10.1. The van der Waals surface area contributed by atoms with Crippen LogP contribution in [0.4, 0.5) is 0 Å². The molecule has 0 bridgehead atoms. The summed E-state index contributed by atoms with van der Waals surface area (Å²) >= 11 is 0. The van der Waals surface area contributed by atoms with E-state index in [9.17, 15) is 9.59 Å². The van der Waals surface area contributed by atoms with E-state index in [1.165, 1.54) is 5.56 Å². The first-order valence-corrected chi connectivity index (χ1v) is 10.6. The quantitative estimate of drug-likeness (QED) is 0.480. The van der Waals surface area contributed by atoms with Crippen molar-refractivity contribution in [2.75, 3.05) is 6.61 Å². The van der Waals surface area contributed by atoms with Gasteiger partial charge in [-0.25, -0.2) is 4.79 Å². The van der Waals surface area contributed by atoms with Gasteiger partial charge >= 0.3 is 5.97 Å². The monoisotopic (exact) mass is 423 g/mol. The fourth-order valence-corrected chi connectivity index (χ4v) is 3.34. The Labute approximate surface area is 182 Å². The van der Waals surface area contributed by atoms with Crippen molar-refractivity contribution < 1.29 is 23.5 Å². The van der Waals surface area contributed by atoms with Gasteiger partial charge in [0, 0.05) is 23.6 Å². The number of hydrogen-bond acceptors (Lipinski definition) is 5. The molecule has 0 unspecified atom stereocenters. The minimum absolute atomic E-state index is 0.0476. The van der Waals surface area contributed by atoms with Crippen LogP contribution in [0.2, 0.25) is 0 Å². The van der Waals surface area contributed by atoms with Gasteiger partial charge in [0.2, 0.25) is 5.76 Å². The molecule has 0 aliphatic rings. The molecule has 0 fully saturated rings. The van der Waals surface area contributed by atoms with E-state index in [1.807, 2.05) is 50.2 Å². The van der Waals surface area contributed by atoms with Crippen LogP contribution in [-0.4, -0.2) is 30.6 Å². The summed E-state index contributed by atoms with van der Waals surface area (Å²) < 4.78 is 16.6. The van der Waals surface area contributed by atoms with Crippen LogP contribution in [0.5, 0.6) is 0 Å². The molecule has 31 heavy (non-hydrogen) atoms. The number of ether oxygens (including phenoxy) is 2. The third kappa shape index (κ3) is 5.95. The zero-order chi connectivity index (χ0) is 22.2. The number of para-hydroxylation sites is 1. The molecule has 6 nitrogen and oxygen atoms in total. The van der Waals surface area contributed by atoms with E-state index >= 15 is 0 Å². The van der Waals surface area contributed by atoms with Crippen LogP contribution >= 0.6 is 0 Å². The summed E-state index contributed by atoms with van der Waals surface area (Å²) in [6.45, 7) is 6.12. The van der Waals surface area contributed by atoms with Gasteiger partial charge in [-0.15, -0.1) is 0 Å². The fraction of sp³-hybridized carbons (Fsp3) is 0.360. The van der Waals surface area contributed by atoms with Gasteiger partial charge in [-0.2, -0.15) is 0 Å². The van der Waals surface area contributed by atoms with Crippen molar-refractivity contribution in [3.63, 3.8) is 0 Å². The van der Waals surface area contributed by atoms with Crippen molar-refractivity contribution in [3.8, 4) is 0 Å². The van der Waals surface area contributed by atoms with E-state index in [0.29, 0.717) is 17.8 Å². The van der Waals surface area contributed by atoms with Gasteiger partial charge in [-0.1, -0.05) is 48.5 Å². The maximum absolute atomic E-state index is 12.8. The summed E-state index contributed by atoms with van der Waals surface area (Å²) in [5.74, 6) is -0.937. The summed E-state index contributed by atoms with van der Waals surface area (Å²) in [4.78, 5) is 25.3. The van der Waals surface area contributed by atoms with Crippen molar-refractivity contribution in [1.29, 1.82) is 0 Å². The lowest BCUT2D eigenvalue weighted by Crippen LogP contribution is -2.41. The van der Waals surface area contributed by atoms with Gasteiger partial charge < -0.3 is 19.2 Å². The lowest BCUT2D eigenvalue weighted by molar-refractivity contribution is -0.129. The number of benzene rings is 2. The molecule has 6 heteroatoms. The van der Waals surface area contributed by atoms with Crippen molar-refractivity contribution >= 4 is 22.8 Å². The van der Waals surface area contributed by atoms with E-state index < -0.39 is 12.1 Å². The van der Waals surface area contributed by atoms with Crippen molar-refractivity contribution in [3.05, 3.63) is 71.5 Å². The van der Waals surface area contributed by atoms with Gasteiger partial charge in [0.05, 0.1) is 6.61 Å². The lowest BCUT2D eigenvalue weighted by Gasteiger charge is -2.18. The Morgan fingerprint density at radius 1 is 1.03 bits per heavy atom. The molecule has 0 saturated carbocycles. The Balaban J connectivity index is 1.60. The summed E-state index contributed by atoms with van der Waals surface area (Å²) in [6.07, 6.45) is 0.703. The van der Waals surface area contributed by atoms with Crippen LogP contribution in [0, 0.1) is 0 Å². The Morgan fingerprint density at radius 3 is 2.48 bits per heavy atom. The molecule has 0 aliphatic heterocycles. The first-order valence-electron chi connectivity index (χ1n) is 10.6. The van der Waals surface area contributed by atoms with E-state index in [-0.39, 0.29) is 24.3 Å². The van der Waals surface area contributed by atoms with Crippen LogP contribution in [0.15, 0.2) is 59.0 Å². The largest absolute Gasteiger partial charge is 0.449 e. The number of amides is 1. The van der Waals surface area contributed by atoms with Crippen molar-refractivity contribution in [1.82, 2.24) is 5.32 Å². The van der Waals surface area contributed by atoms with E-state index in [0.717, 1.165) is 18.2 Å². The number of carbonyl (C=O) groups excluding carboxylic acids is 2. The van der Waals surface area contributed by atoms with Crippen LogP contribution in [0.3, 0.4) is 0 Å². The molecule has 1 heterocycles. The molecule has 3 aromatic rings. The molecule has 1 amide bonds. The first-order chi connectivity index (χ1) is 15.0. The predicted octanol–water partition coefficient (Wildman–Crippen LogP) is 4.65. The second-order valence-corrected chi connectivity index (χ2v) is 7.52. The molecule has 0 aliphatic carbocycles. The van der Waals surface area contributed by atoms with E-state index in [2.05, 4.69) is 17.4 Å². The minimum Gasteiger partial charge on any atom is -0.449 e. The first kappa shape index (κ1) is 22.6. The SMILES string of the molecule is CCOCc1c(C(=O)O[C@@H](C)C(=O)N[C@H](C)CCc2ccccc2)oc2ccccc12. The smallest absolute Gasteiger partial charge is 0.375 e. The molecule has 1 aromatic heterocycles. The maximum atomic E-state index is 12.8. The molecule has 1 N–H and O–H groups in total. The number of rotatable bonds is 10. The number of aryl methyl sites for hydroxylation is 1. The zero-order valence-electron chi connectivity index (χ0n) is 18.2. The molecule has 2 aromatic carbocycles. The van der Waals surface area contributed by atoms with Gasteiger partial charge in [0.15, 0.2) is 6.10 Å². The molecular formula is C25H29NO5. The van der Waals surface area contributed by atoms with E-state index in [4.69, 9.17) is 13.9 Å². The van der Waals surface area contributed by atoms with Gasteiger partial charge in [0.1, 0.15) is 5.58 Å². The molecule has 0 saturated heterocycles. The second-order valence-electron chi connectivity index (χ2n) is 7.52. The highest BCUT2D eigenvalue weighted by Crippen LogP contribution is 2.27. The highest BCUT2D eigenvalue weighted by Gasteiger charge is 2.26. The molecule has 3 rings (SSSR count). The average Bonchev–Trinajstić information content (AvgIpc) is 3.15. The number of furan rings is 1. The summed E-state index contributed by atoms with van der Waals surface area (Å²) in [7, 11) is 0. The van der Waals surface area contributed by atoms with Crippen molar-refractivity contribution in [2.24, 2.45) is 0 Å². The third-order valence-corrected chi connectivity index (χ3v) is 5.08. The Hall–Kier alpha value is -3.12. The topological polar surface area (TPSA) is 77.8 Å². The fourth-order valence-electron chi connectivity index (χ4n) is 3.34. The standard InChI is InChI=1S/C25H29NO5/c1-4-29-16-21-20-12-8-9-13-22(20)31-23(21)25(28)30-18(3)24(27)26-17(2)14-15-19-10-6-5-7-11-19/h5-13,17-18H,4,14-16H2,1-3H3,(H,26,27)/t17-,18+/m1/s1. The minimum atomic E-state index is -0.945. The average molecular weight is 424 g/mol. The molecule has 164 valence electrons. The van der Waals surface area contributed by atoms with E-state index in [1.54, 1.807) is 13.0 Å². The number of fused-ring (bicyclic) bond motifs is 1. The van der Waals surface area contributed by atoms with Gasteiger partial charge in [-0.3, -0.25) is 4.79 Å². The number of hydrogen-bond donors (Lipinski definition) is 1. The Morgan fingerprint density at radius 2 is 1.74 bits per heavy atom. The molecule has 0 spiro atoms. The Kier molecular flexibility index (Phi) is 7.84. The number of esters is 1. The van der Waals surface area contributed by atoms with Gasteiger partial charge in [-0.05, 0) is 45.2 Å². The second kappa shape index (κ2) is 10.8. The van der Waals surface area contributed by atoms with Crippen LogP contribution in [-0.2, 0) is 27.3 Å². The molecule has 2 atom stereocenters. The third-order valence-electron chi connectivity index (χ3n) is 5.08. The summed E-state index contributed by atoms with van der Waals surface area (Å²) in [6, 6.07) is 17.4. The maximum Gasteiger partial charge on any atom is 0.375 e. The van der Waals surface area contributed by atoms with Crippen LogP contribution < -0.4 is 5.32 Å².